The second-order valence-electron chi connectivity index (χ2n) is 7.03. The Kier molecular flexibility index (Phi) is 5.36. The van der Waals surface area contributed by atoms with E-state index < -0.39 is 23.3 Å². The van der Waals surface area contributed by atoms with Gasteiger partial charge < -0.3 is 9.84 Å². The Morgan fingerprint density at radius 1 is 1.31 bits per heavy atom. The Bertz CT molecular complexity index is 733. The molecular formula is C18H24F2N4O2. The molecule has 2 heterocycles. The molecule has 1 aliphatic heterocycles. The van der Waals surface area contributed by atoms with Gasteiger partial charge in [0, 0.05) is 30.8 Å². The normalized spacial score (nSPS) is 25.0. The predicted octanol–water partition coefficient (Wildman–Crippen LogP) is 1.94. The largest absolute Gasteiger partial charge is 0.381 e. The predicted molar refractivity (Wildman–Crippen MR) is 91.3 cm³/mol. The molecule has 26 heavy (non-hydrogen) atoms. The number of ether oxygens (including phenoxy) is 1. The lowest BCUT2D eigenvalue weighted by Crippen LogP contribution is -2.57. The molecule has 2 unspecified atom stereocenters. The van der Waals surface area contributed by atoms with Crippen LogP contribution in [0.2, 0.25) is 0 Å². The van der Waals surface area contributed by atoms with Crippen molar-refractivity contribution in [1.29, 1.82) is 0 Å². The average Bonchev–Trinajstić information content (AvgIpc) is 3.05. The number of hydrogen-bond acceptors (Lipinski definition) is 5. The lowest BCUT2D eigenvalue weighted by Gasteiger charge is -2.45. The monoisotopic (exact) mass is 366 g/mol. The Hall–Kier alpha value is -1.90. The van der Waals surface area contributed by atoms with Gasteiger partial charge in [0.2, 0.25) is 0 Å². The number of morpholine rings is 1. The van der Waals surface area contributed by atoms with Crippen LogP contribution in [-0.2, 0) is 16.9 Å². The Labute approximate surface area is 151 Å². The summed E-state index contributed by atoms with van der Waals surface area (Å²) in [5, 5.41) is 15.6. The minimum Gasteiger partial charge on any atom is -0.381 e. The van der Waals surface area contributed by atoms with Gasteiger partial charge >= 0.3 is 0 Å². The van der Waals surface area contributed by atoms with E-state index in [0.717, 1.165) is 12.1 Å². The SMILES string of the molecule is CC1CN([C@@H](C)[C@@](O)(Cn2cncn2)c2ccc(F)cc2F)CC(C)O1. The highest BCUT2D eigenvalue weighted by Gasteiger charge is 2.43. The third-order valence-electron chi connectivity index (χ3n) is 4.95. The van der Waals surface area contributed by atoms with Gasteiger partial charge in [-0.2, -0.15) is 5.10 Å². The summed E-state index contributed by atoms with van der Waals surface area (Å²) in [6.07, 6.45) is 2.80. The first kappa shape index (κ1) is 18.9. The van der Waals surface area contributed by atoms with Gasteiger partial charge in [-0.05, 0) is 26.8 Å². The third kappa shape index (κ3) is 3.77. The van der Waals surface area contributed by atoms with Crippen LogP contribution in [0, 0.1) is 11.6 Å². The Morgan fingerprint density at radius 3 is 2.58 bits per heavy atom. The number of aliphatic hydroxyl groups is 1. The lowest BCUT2D eigenvalue weighted by atomic mass is 9.85. The average molecular weight is 366 g/mol. The zero-order valence-corrected chi connectivity index (χ0v) is 15.1. The molecule has 1 saturated heterocycles. The standard InChI is InChI=1S/C18H24F2N4O2/c1-12-7-23(8-13(2)26-12)14(3)18(25,9-24-11-21-10-22-24)16-5-4-15(19)6-17(16)20/h4-6,10-14,25H,7-9H2,1-3H3/t12?,13?,14-,18-/m0/s1. The number of rotatable bonds is 5. The van der Waals surface area contributed by atoms with Crippen LogP contribution in [0.15, 0.2) is 30.9 Å². The quantitative estimate of drug-likeness (QED) is 0.876. The summed E-state index contributed by atoms with van der Waals surface area (Å²) in [6.45, 7) is 6.97. The van der Waals surface area contributed by atoms with Gasteiger partial charge in [-0.3, -0.25) is 4.90 Å². The first-order valence-corrected chi connectivity index (χ1v) is 8.69. The molecular weight excluding hydrogens is 342 g/mol. The van der Waals surface area contributed by atoms with Gasteiger partial charge in [-0.25, -0.2) is 18.4 Å². The van der Waals surface area contributed by atoms with Gasteiger partial charge in [0.15, 0.2) is 0 Å². The summed E-state index contributed by atoms with van der Waals surface area (Å²) in [4.78, 5) is 5.95. The van der Waals surface area contributed by atoms with Crippen molar-refractivity contribution in [3.63, 3.8) is 0 Å². The molecule has 6 nitrogen and oxygen atoms in total. The number of hydrogen-bond donors (Lipinski definition) is 1. The maximum Gasteiger partial charge on any atom is 0.137 e. The number of benzene rings is 1. The number of aromatic nitrogens is 3. The maximum atomic E-state index is 14.6. The molecule has 3 rings (SSSR count). The number of nitrogens with zero attached hydrogens (tertiary/aromatic N) is 4. The molecule has 0 aliphatic carbocycles. The molecule has 142 valence electrons. The fourth-order valence-electron chi connectivity index (χ4n) is 3.68. The highest BCUT2D eigenvalue weighted by molar-refractivity contribution is 5.27. The summed E-state index contributed by atoms with van der Waals surface area (Å²) < 4.78 is 35.2. The summed E-state index contributed by atoms with van der Waals surface area (Å²) in [6, 6.07) is 2.78. The van der Waals surface area contributed by atoms with Crippen molar-refractivity contribution in [2.24, 2.45) is 0 Å². The molecule has 2 aromatic rings. The molecule has 1 N–H and O–H groups in total. The molecule has 0 spiro atoms. The molecule has 4 atom stereocenters. The molecule has 0 saturated carbocycles. The van der Waals surface area contributed by atoms with Gasteiger partial charge in [0.25, 0.3) is 0 Å². The fourth-order valence-corrected chi connectivity index (χ4v) is 3.68. The summed E-state index contributed by atoms with van der Waals surface area (Å²) >= 11 is 0. The van der Waals surface area contributed by atoms with Crippen molar-refractivity contribution in [1.82, 2.24) is 19.7 Å². The Morgan fingerprint density at radius 2 is 2.00 bits per heavy atom. The smallest absolute Gasteiger partial charge is 0.137 e. The highest BCUT2D eigenvalue weighted by Crippen LogP contribution is 2.33. The van der Waals surface area contributed by atoms with E-state index in [2.05, 4.69) is 15.0 Å². The van der Waals surface area contributed by atoms with Gasteiger partial charge in [0.05, 0.1) is 18.8 Å². The van der Waals surface area contributed by atoms with Crippen LogP contribution in [0.25, 0.3) is 0 Å². The first-order valence-electron chi connectivity index (χ1n) is 8.69. The third-order valence-corrected chi connectivity index (χ3v) is 4.95. The van der Waals surface area contributed by atoms with Crippen molar-refractivity contribution in [2.45, 2.75) is 51.2 Å². The summed E-state index contributed by atoms with van der Waals surface area (Å²) in [5.41, 5.74) is -1.59. The molecule has 0 bridgehead atoms. The van der Waals surface area contributed by atoms with Crippen LogP contribution in [0.4, 0.5) is 8.78 Å². The van der Waals surface area contributed by atoms with Crippen LogP contribution >= 0.6 is 0 Å². The zero-order chi connectivity index (χ0) is 18.9. The van der Waals surface area contributed by atoms with Crippen LogP contribution in [0.1, 0.15) is 26.3 Å². The van der Waals surface area contributed by atoms with E-state index in [1.165, 1.54) is 23.4 Å². The van der Waals surface area contributed by atoms with Crippen molar-refractivity contribution >= 4 is 0 Å². The van der Waals surface area contributed by atoms with E-state index in [-0.39, 0.29) is 24.3 Å². The first-order chi connectivity index (χ1) is 12.3. The molecule has 1 aromatic carbocycles. The molecule has 1 fully saturated rings. The molecule has 0 radical (unpaired) electrons. The summed E-state index contributed by atoms with van der Waals surface area (Å²) in [7, 11) is 0. The molecule has 0 amide bonds. The maximum absolute atomic E-state index is 14.6. The van der Waals surface area contributed by atoms with Crippen LogP contribution in [0.3, 0.4) is 0 Å². The lowest BCUT2D eigenvalue weighted by molar-refractivity contribution is -0.125. The van der Waals surface area contributed by atoms with Crippen molar-refractivity contribution in [2.75, 3.05) is 13.1 Å². The number of halogens is 2. The van der Waals surface area contributed by atoms with Crippen molar-refractivity contribution < 1.29 is 18.6 Å². The topological polar surface area (TPSA) is 63.4 Å². The highest BCUT2D eigenvalue weighted by atomic mass is 19.1. The second kappa shape index (κ2) is 7.38. The molecule has 1 aliphatic rings. The minimum atomic E-state index is -1.62. The van der Waals surface area contributed by atoms with E-state index >= 15 is 0 Å². The Balaban J connectivity index is 1.99. The second-order valence-corrected chi connectivity index (χ2v) is 7.03. The van der Waals surface area contributed by atoms with E-state index in [0.29, 0.717) is 13.1 Å². The molecule has 1 aromatic heterocycles. The van der Waals surface area contributed by atoms with Crippen LogP contribution in [-0.4, -0.2) is 56.1 Å². The van der Waals surface area contributed by atoms with Crippen molar-refractivity contribution in [3.8, 4) is 0 Å². The van der Waals surface area contributed by atoms with Gasteiger partial charge in [0.1, 0.15) is 29.9 Å². The zero-order valence-electron chi connectivity index (χ0n) is 15.1. The minimum absolute atomic E-state index is 0.00314. The fraction of sp³-hybridized carbons (Fsp3) is 0.556. The van der Waals surface area contributed by atoms with Gasteiger partial charge in [-0.1, -0.05) is 6.07 Å². The molecule has 8 heteroatoms. The van der Waals surface area contributed by atoms with Gasteiger partial charge in [-0.15, -0.1) is 0 Å². The van der Waals surface area contributed by atoms with Crippen molar-refractivity contribution in [3.05, 3.63) is 48.1 Å². The van der Waals surface area contributed by atoms with Crippen LogP contribution in [0.5, 0.6) is 0 Å². The van der Waals surface area contributed by atoms with E-state index in [4.69, 9.17) is 4.74 Å². The van der Waals surface area contributed by atoms with E-state index in [9.17, 15) is 13.9 Å². The van der Waals surface area contributed by atoms with E-state index in [1.54, 1.807) is 0 Å². The van der Waals surface area contributed by atoms with E-state index in [1.807, 2.05) is 20.8 Å². The summed E-state index contributed by atoms with van der Waals surface area (Å²) in [5.74, 6) is -1.47. The van der Waals surface area contributed by atoms with Crippen LogP contribution < -0.4 is 0 Å².